The van der Waals surface area contributed by atoms with Crippen LogP contribution in [0.15, 0.2) is 96.7 Å². The Morgan fingerprint density at radius 1 is 0.893 bits per heavy atom. The van der Waals surface area contributed by atoms with E-state index >= 15 is 0 Å². The van der Waals surface area contributed by atoms with Crippen LogP contribution in [0.4, 0.5) is 5.69 Å². The molecule has 1 amide bonds. The SMILES string of the molecule is N#C/C(=C/NC(c1ccccc1)c1ccccc1)C(=O)Nc1ccc(Cl)cc1. The molecule has 0 saturated carbocycles. The zero-order valence-electron chi connectivity index (χ0n) is 15.0. The van der Waals surface area contributed by atoms with Gasteiger partial charge in [0.25, 0.3) is 5.91 Å². The van der Waals surface area contributed by atoms with Crippen molar-refractivity contribution >= 4 is 23.2 Å². The molecule has 0 radical (unpaired) electrons. The molecule has 2 N–H and O–H groups in total. The van der Waals surface area contributed by atoms with Crippen molar-refractivity contribution in [2.45, 2.75) is 6.04 Å². The zero-order valence-corrected chi connectivity index (χ0v) is 15.7. The molecule has 0 aliphatic heterocycles. The second kappa shape index (κ2) is 9.40. The van der Waals surface area contributed by atoms with Gasteiger partial charge in [0.1, 0.15) is 11.6 Å². The quantitative estimate of drug-likeness (QED) is 0.458. The Labute approximate surface area is 169 Å². The lowest BCUT2D eigenvalue weighted by Gasteiger charge is -2.19. The molecule has 0 spiro atoms. The van der Waals surface area contributed by atoms with Crippen LogP contribution in [0.25, 0.3) is 0 Å². The van der Waals surface area contributed by atoms with Gasteiger partial charge in [-0.2, -0.15) is 5.26 Å². The van der Waals surface area contributed by atoms with E-state index in [2.05, 4.69) is 10.6 Å². The summed E-state index contributed by atoms with van der Waals surface area (Å²) in [6, 6.07) is 28.2. The molecule has 0 atom stereocenters. The molecule has 0 saturated heterocycles. The van der Waals surface area contributed by atoms with Crippen molar-refractivity contribution in [1.82, 2.24) is 5.32 Å². The molecule has 4 nitrogen and oxygen atoms in total. The number of hydrogen-bond donors (Lipinski definition) is 2. The molecule has 3 aromatic rings. The van der Waals surface area contributed by atoms with Crippen LogP contribution >= 0.6 is 11.6 Å². The average Bonchev–Trinajstić information content (AvgIpc) is 2.74. The van der Waals surface area contributed by atoms with Crippen molar-refractivity contribution in [3.8, 4) is 6.07 Å². The minimum Gasteiger partial charge on any atom is -0.379 e. The van der Waals surface area contributed by atoms with Gasteiger partial charge in [-0.3, -0.25) is 4.79 Å². The number of nitrogens with zero attached hydrogens (tertiary/aromatic N) is 1. The van der Waals surface area contributed by atoms with Crippen molar-refractivity contribution in [3.63, 3.8) is 0 Å². The molecule has 0 unspecified atom stereocenters. The van der Waals surface area contributed by atoms with E-state index in [1.807, 2.05) is 66.7 Å². The highest BCUT2D eigenvalue weighted by molar-refractivity contribution is 6.30. The summed E-state index contributed by atoms with van der Waals surface area (Å²) in [6.07, 6.45) is 1.45. The highest BCUT2D eigenvalue weighted by atomic mass is 35.5. The zero-order chi connectivity index (χ0) is 19.8. The van der Waals surface area contributed by atoms with Gasteiger partial charge < -0.3 is 10.6 Å². The van der Waals surface area contributed by atoms with Crippen molar-refractivity contribution < 1.29 is 4.79 Å². The third-order valence-electron chi connectivity index (χ3n) is 4.13. The van der Waals surface area contributed by atoms with Gasteiger partial charge in [-0.15, -0.1) is 0 Å². The molecule has 0 aliphatic carbocycles. The Kier molecular flexibility index (Phi) is 6.46. The van der Waals surface area contributed by atoms with E-state index in [9.17, 15) is 10.1 Å². The first-order valence-electron chi connectivity index (χ1n) is 8.70. The van der Waals surface area contributed by atoms with Gasteiger partial charge >= 0.3 is 0 Å². The largest absolute Gasteiger partial charge is 0.379 e. The minimum absolute atomic E-state index is 0.0215. The van der Waals surface area contributed by atoms with Crippen molar-refractivity contribution in [2.24, 2.45) is 0 Å². The molecule has 0 aromatic heterocycles. The third kappa shape index (κ3) is 5.00. The summed E-state index contributed by atoms with van der Waals surface area (Å²) in [5.74, 6) is -0.489. The predicted molar refractivity (Wildman–Crippen MR) is 112 cm³/mol. The Bertz CT molecular complexity index is 954. The van der Waals surface area contributed by atoms with E-state index in [4.69, 9.17) is 11.6 Å². The number of halogens is 1. The van der Waals surface area contributed by atoms with E-state index in [0.717, 1.165) is 11.1 Å². The Hall–Kier alpha value is -3.55. The number of hydrogen-bond acceptors (Lipinski definition) is 3. The van der Waals surface area contributed by atoms with E-state index < -0.39 is 5.91 Å². The van der Waals surface area contributed by atoms with Gasteiger partial charge in [-0.1, -0.05) is 72.3 Å². The summed E-state index contributed by atoms with van der Waals surface area (Å²) in [7, 11) is 0. The van der Waals surface area contributed by atoms with Crippen LogP contribution < -0.4 is 10.6 Å². The van der Waals surface area contributed by atoms with Crippen LogP contribution in [0.5, 0.6) is 0 Å². The van der Waals surface area contributed by atoms with Crippen LogP contribution in [0.2, 0.25) is 5.02 Å². The summed E-state index contributed by atoms with van der Waals surface area (Å²) >= 11 is 5.85. The minimum atomic E-state index is -0.489. The first kappa shape index (κ1) is 19.2. The molecule has 0 fully saturated rings. The molecule has 28 heavy (non-hydrogen) atoms. The first-order valence-corrected chi connectivity index (χ1v) is 9.08. The number of carbonyl (C=O) groups is 1. The molecule has 138 valence electrons. The van der Waals surface area contributed by atoms with Crippen LogP contribution in [0, 0.1) is 11.3 Å². The second-order valence-electron chi connectivity index (χ2n) is 6.05. The highest BCUT2D eigenvalue weighted by Gasteiger charge is 2.14. The molecule has 0 aliphatic rings. The molecule has 3 rings (SSSR count). The highest BCUT2D eigenvalue weighted by Crippen LogP contribution is 2.22. The van der Waals surface area contributed by atoms with Crippen molar-refractivity contribution in [1.29, 1.82) is 5.26 Å². The van der Waals surface area contributed by atoms with Crippen LogP contribution in [-0.4, -0.2) is 5.91 Å². The summed E-state index contributed by atoms with van der Waals surface area (Å²) in [5, 5.41) is 15.9. The molecule has 0 heterocycles. The predicted octanol–water partition coefficient (Wildman–Crippen LogP) is 5.07. The molecular formula is C23H18ClN3O. The second-order valence-corrected chi connectivity index (χ2v) is 6.49. The number of benzene rings is 3. The summed E-state index contributed by atoms with van der Waals surface area (Å²) in [6.45, 7) is 0. The van der Waals surface area contributed by atoms with Crippen LogP contribution in [-0.2, 0) is 4.79 Å². The van der Waals surface area contributed by atoms with Crippen LogP contribution in [0.1, 0.15) is 17.2 Å². The lowest BCUT2D eigenvalue weighted by Crippen LogP contribution is -2.21. The average molecular weight is 388 g/mol. The number of amides is 1. The maximum Gasteiger partial charge on any atom is 0.267 e. The fourth-order valence-electron chi connectivity index (χ4n) is 2.72. The first-order chi connectivity index (χ1) is 13.7. The summed E-state index contributed by atoms with van der Waals surface area (Å²) in [5.41, 5.74) is 2.60. The molecule has 3 aromatic carbocycles. The lowest BCUT2D eigenvalue weighted by molar-refractivity contribution is -0.112. The normalized spacial score (nSPS) is 11.0. The fraction of sp³-hybridized carbons (Fsp3) is 0.0435. The lowest BCUT2D eigenvalue weighted by atomic mass is 9.99. The number of rotatable bonds is 6. The number of nitriles is 1. The van der Waals surface area contributed by atoms with Gasteiger partial charge in [0.05, 0.1) is 6.04 Å². The fourth-order valence-corrected chi connectivity index (χ4v) is 2.85. The summed E-state index contributed by atoms with van der Waals surface area (Å²) in [4.78, 5) is 12.4. The maximum atomic E-state index is 12.4. The van der Waals surface area contributed by atoms with Crippen LogP contribution in [0.3, 0.4) is 0 Å². The Morgan fingerprint density at radius 2 is 1.43 bits per heavy atom. The number of carbonyl (C=O) groups excluding carboxylic acids is 1. The monoisotopic (exact) mass is 387 g/mol. The van der Waals surface area contributed by atoms with Gasteiger partial charge in [0, 0.05) is 16.9 Å². The Morgan fingerprint density at radius 3 is 1.93 bits per heavy atom. The molecular weight excluding hydrogens is 370 g/mol. The number of anilines is 1. The van der Waals surface area contributed by atoms with Gasteiger partial charge in [-0.25, -0.2) is 0 Å². The Balaban J connectivity index is 1.81. The van der Waals surface area contributed by atoms with E-state index in [1.165, 1.54) is 6.20 Å². The van der Waals surface area contributed by atoms with Crippen molar-refractivity contribution in [3.05, 3.63) is 113 Å². The van der Waals surface area contributed by atoms with Crippen molar-refractivity contribution in [2.75, 3.05) is 5.32 Å². The van der Waals surface area contributed by atoms with Gasteiger partial charge in [0.15, 0.2) is 0 Å². The topological polar surface area (TPSA) is 64.9 Å². The van der Waals surface area contributed by atoms with E-state index in [1.54, 1.807) is 24.3 Å². The molecule has 5 heteroatoms. The maximum absolute atomic E-state index is 12.4. The van der Waals surface area contributed by atoms with E-state index in [-0.39, 0.29) is 11.6 Å². The number of nitrogens with one attached hydrogen (secondary N) is 2. The van der Waals surface area contributed by atoms with Gasteiger partial charge in [0.2, 0.25) is 0 Å². The van der Waals surface area contributed by atoms with Gasteiger partial charge in [-0.05, 0) is 35.4 Å². The standard InChI is InChI=1S/C23H18ClN3O/c24-20-11-13-21(14-12-20)27-23(28)19(15-25)16-26-22(17-7-3-1-4-8-17)18-9-5-2-6-10-18/h1-14,16,22,26H,(H,27,28)/b19-16-. The third-order valence-corrected chi connectivity index (χ3v) is 4.38. The summed E-state index contributed by atoms with van der Waals surface area (Å²) < 4.78 is 0. The van der Waals surface area contributed by atoms with E-state index in [0.29, 0.717) is 10.7 Å². The molecule has 0 bridgehead atoms. The smallest absolute Gasteiger partial charge is 0.267 e.